The molecule has 0 radical (unpaired) electrons. The highest BCUT2D eigenvalue weighted by Gasteiger charge is 2.23. The van der Waals surface area contributed by atoms with Gasteiger partial charge in [0.2, 0.25) is 0 Å². The molecule has 0 unspecified atom stereocenters. The van der Waals surface area contributed by atoms with Gasteiger partial charge in [-0.2, -0.15) is 0 Å². The number of amides is 2. The number of carbonyl (C=O) groups is 1. The van der Waals surface area contributed by atoms with Crippen LogP contribution in [-0.2, 0) is 0 Å². The summed E-state index contributed by atoms with van der Waals surface area (Å²) in [6, 6.07) is 5.75. The third-order valence-electron chi connectivity index (χ3n) is 2.64. The number of carbonyl (C=O) groups excluding carboxylic acids is 1. The van der Waals surface area contributed by atoms with Crippen LogP contribution >= 0.6 is 0 Å². The van der Waals surface area contributed by atoms with Gasteiger partial charge in [-0.05, 0) is 37.5 Å². The number of urea groups is 1. The summed E-state index contributed by atoms with van der Waals surface area (Å²) in [4.78, 5) is 11.7. The number of hydrogen-bond acceptors (Lipinski definition) is 2. The third kappa shape index (κ3) is 3.51. The summed E-state index contributed by atoms with van der Waals surface area (Å²) in [5.74, 6) is 5.41. The van der Waals surface area contributed by atoms with Gasteiger partial charge in [0, 0.05) is 11.6 Å². The number of aryl methyl sites for hydroxylation is 1. The molecule has 3 N–H and O–H groups in total. The Labute approximate surface area is 106 Å². The predicted octanol–water partition coefficient (Wildman–Crippen LogP) is 1.62. The van der Waals surface area contributed by atoms with Gasteiger partial charge >= 0.3 is 6.03 Å². The average Bonchev–Trinajstić information content (AvgIpc) is 3.12. The molecular formula is C14H16N2O2. The van der Waals surface area contributed by atoms with Gasteiger partial charge < -0.3 is 15.7 Å². The minimum absolute atomic E-state index is 0.193. The van der Waals surface area contributed by atoms with Crippen LogP contribution in [0, 0.1) is 18.8 Å². The van der Waals surface area contributed by atoms with Crippen molar-refractivity contribution in [1.29, 1.82) is 0 Å². The van der Waals surface area contributed by atoms with Gasteiger partial charge in [-0.1, -0.05) is 17.9 Å². The Bertz CT molecular complexity index is 510. The van der Waals surface area contributed by atoms with E-state index in [0.717, 1.165) is 18.4 Å². The number of aliphatic hydroxyl groups excluding tert-OH is 1. The van der Waals surface area contributed by atoms with Crippen molar-refractivity contribution >= 4 is 11.7 Å². The zero-order chi connectivity index (χ0) is 13.0. The van der Waals surface area contributed by atoms with Crippen molar-refractivity contribution in [3.05, 3.63) is 29.3 Å². The largest absolute Gasteiger partial charge is 0.384 e. The molecule has 1 fully saturated rings. The lowest BCUT2D eigenvalue weighted by molar-refractivity contribution is 0.251. The van der Waals surface area contributed by atoms with E-state index in [1.165, 1.54) is 0 Å². The second kappa shape index (κ2) is 5.56. The summed E-state index contributed by atoms with van der Waals surface area (Å²) in [7, 11) is 0. The predicted molar refractivity (Wildman–Crippen MR) is 70.3 cm³/mol. The van der Waals surface area contributed by atoms with Crippen LogP contribution in [0.5, 0.6) is 0 Å². The van der Waals surface area contributed by atoms with Gasteiger partial charge in [-0.3, -0.25) is 0 Å². The molecule has 2 rings (SSSR count). The van der Waals surface area contributed by atoms with Crippen LogP contribution in [0.3, 0.4) is 0 Å². The topological polar surface area (TPSA) is 61.4 Å². The molecule has 1 aromatic rings. The van der Waals surface area contributed by atoms with E-state index < -0.39 is 0 Å². The molecule has 1 aliphatic rings. The number of nitrogens with one attached hydrogen (secondary N) is 2. The van der Waals surface area contributed by atoms with Crippen LogP contribution in [0.15, 0.2) is 18.2 Å². The molecule has 2 amide bonds. The van der Waals surface area contributed by atoms with E-state index in [1.54, 1.807) is 0 Å². The number of benzene rings is 1. The standard InChI is InChI=1S/C14H16N2O2/c1-10-4-5-11(3-2-8-17)13(9-10)16-14(18)15-12-6-7-12/h4-5,9,12,17H,6-8H2,1H3,(H2,15,16,18). The molecule has 1 aromatic carbocycles. The second-order valence-electron chi connectivity index (χ2n) is 4.38. The molecule has 1 saturated carbocycles. The van der Waals surface area contributed by atoms with E-state index in [2.05, 4.69) is 22.5 Å². The Balaban J connectivity index is 2.12. The summed E-state index contributed by atoms with van der Waals surface area (Å²) >= 11 is 0. The Morgan fingerprint density at radius 3 is 2.94 bits per heavy atom. The minimum Gasteiger partial charge on any atom is -0.384 e. The Kier molecular flexibility index (Phi) is 3.85. The fourth-order valence-electron chi connectivity index (χ4n) is 1.58. The number of hydrogen-bond donors (Lipinski definition) is 3. The third-order valence-corrected chi connectivity index (χ3v) is 2.64. The van der Waals surface area contributed by atoms with E-state index in [0.29, 0.717) is 17.3 Å². The van der Waals surface area contributed by atoms with Gasteiger partial charge in [0.1, 0.15) is 6.61 Å². The van der Waals surface area contributed by atoms with E-state index >= 15 is 0 Å². The maximum atomic E-state index is 11.7. The van der Waals surface area contributed by atoms with Gasteiger partial charge in [0.25, 0.3) is 0 Å². The molecule has 4 nitrogen and oxygen atoms in total. The smallest absolute Gasteiger partial charge is 0.319 e. The SMILES string of the molecule is Cc1ccc(C#CCO)c(NC(=O)NC2CC2)c1. The molecule has 0 saturated heterocycles. The zero-order valence-electron chi connectivity index (χ0n) is 10.3. The Morgan fingerprint density at radius 2 is 2.28 bits per heavy atom. The molecule has 18 heavy (non-hydrogen) atoms. The van der Waals surface area contributed by atoms with Crippen LogP contribution in [0.4, 0.5) is 10.5 Å². The van der Waals surface area contributed by atoms with Crippen molar-refractivity contribution in [3.63, 3.8) is 0 Å². The fraction of sp³-hybridized carbons (Fsp3) is 0.357. The fourth-order valence-corrected chi connectivity index (χ4v) is 1.58. The number of anilines is 1. The van der Waals surface area contributed by atoms with Crippen molar-refractivity contribution in [2.24, 2.45) is 0 Å². The number of rotatable bonds is 2. The Hall–Kier alpha value is -1.99. The van der Waals surface area contributed by atoms with E-state index in [4.69, 9.17) is 5.11 Å². The molecule has 0 spiro atoms. The van der Waals surface area contributed by atoms with Crippen LogP contribution in [0.1, 0.15) is 24.0 Å². The molecule has 0 bridgehead atoms. The molecule has 1 aliphatic carbocycles. The van der Waals surface area contributed by atoms with Crippen molar-refractivity contribution in [2.45, 2.75) is 25.8 Å². The van der Waals surface area contributed by atoms with Crippen LogP contribution in [0.2, 0.25) is 0 Å². The lowest BCUT2D eigenvalue weighted by Crippen LogP contribution is -2.30. The quantitative estimate of drug-likeness (QED) is 0.692. The van der Waals surface area contributed by atoms with Gasteiger partial charge in [0.15, 0.2) is 0 Å². The van der Waals surface area contributed by atoms with E-state index in [-0.39, 0.29) is 12.6 Å². The molecule has 0 heterocycles. The monoisotopic (exact) mass is 244 g/mol. The van der Waals surface area contributed by atoms with E-state index in [1.807, 2.05) is 25.1 Å². The van der Waals surface area contributed by atoms with E-state index in [9.17, 15) is 4.79 Å². The van der Waals surface area contributed by atoms with Gasteiger partial charge in [0.05, 0.1) is 5.69 Å². The van der Waals surface area contributed by atoms with Gasteiger partial charge in [-0.25, -0.2) is 4.79 Å². The molecule has 0 aliphatic heterocycles. The first-order valence-corrected chi connectivity index (χ1v) is 5.97. The van der Waals surface area contributed by atoms with Crippen LogP contribution in [0.25, 0.3) is 0 Å². The first-order valence-electron chi connectivity index (χ1n) is 5.97. The van der Waals surface area contributed by atoms with Crippen LogP contribution in [-0.4, -0.2) is 23.8 Å². The molecule has 0 atom stereocenters. The average molecular weight is 244 g/mol. The highest BCUT2D eigenvalue weighted by molar-refractivity contribution is 5.91. The van der Waals surface area contributed by atoms with Crippen molar-refractivity contribution in [1.82, 2.24) is 5.32 Å². The van der Waals surface area contributed by atoms with Crippen molar-refractivity contribution in [2.75, 3.05) is 11.9 Å². The normalized spacial score (nSPS) is 13.4. The lowest BCUT2D eigenvalue weighted by Gasteiger charge is -2.09. The summed E-state index contributed by atoms with van der Waals surface area (Å²) in [5.41, 5.74) is 2.43. The van der Waals surface area contributed by atoms with Gasteiger partial charge in [-0.15, -0.1) is 0 Å². The summed E-state index contributed by atoms with van der Waals surface area (Å²) in [5, 5.41) is 14.4. The molecular weight excluding hydrogens is 228 g/mol. The highest BCUT2D eigenvalue weighted by Crippen LogP contribution is 2.20. The minimum atomic E-state index is -0.199. The van der Waals surface area contributed by atoms with Crippen LogP contribution < -0.4 is 10.6 Å². The summed E-state index contributed by atoms with van der Waals surface area (Å²) in [6.07, 6.45) is 2.11. The maximum absolute atomic E-state index is 11.7. The summed E-state index contributed by atoms with van der Waals surface area (Å²) in [6.45, 7) is 1.76. The van der Waals surface area contributed by atoms with Crippen molar-refractivity contribution < 1.29 is 9.90 Å². The lowest BCUT2D eigenvalue weighted by atomic mass is 10.1. The zero-order valence-corrected chi connectivity index (χ0v) is 10.3. The highest BCUT2D eigenvalue weighted by atomic mass is 16.2. The molecule has 4 heteroatoms. The number of aliphatic hydroxyl groups is 1. The Morgan fingerprint density at radius 1 is 1.50 bits per heavy atom. The van der Waals surface area contributed by atoms with Crippen molar-refractivity contribution in [3.8, 4) is 11.8 Å². The molecule has 94 valence electrons. The summed E-state index contributed by atoms with van der Waals surface area (Å²) < 4.78 is 0. The molecule has 0 aromatic heterocycles. The maximum Gasteiger partial charge on any atom is 0.319 e. The first kappa shape index (κ1) is 12.5. The first-order chi connectivity index (χ1) is 8.69. The second-order valence-corrected chi connectivity index (χ2v) is 4.38.